The Bertz CT molecular complexity index is 779. The quantitative estimate of drug-likeness (QED) is 0.0343. The number of quaternary nitrogens is 1. The average Bonchev–Trinajstić information content (AvgIpc) is 2.88. The first kappa shape index (κ1) is 39.5. The summed E-state index contributed by atoms with van der Waals surface area (Å²) in [6.07, 6.45) is 24.4. The molecule has 0 fully saturated rings. The van der Waals surface area contributed by atoms with Gasteiger partial charge < -0.3 is 18.9 Å². The summed E-state index contributed by atoms with van der Waals surface area (Å²) < 4.78 is 32.9. The van der Waals surface area contributed by atoms with Gasteiger partial charge in [-0.15, -0.1) is 0 Å². The van der Waals surface area contributed by atoms with Crippen LogP contribution >= 0.6 is 7.82 Å². The van der Waals surface area contributed by atoms with Crippen molar-refractivity contribution in [3.05, 3.63) is 24.3 Å². The Balaban J connectivity index is 3.99. The Morgan fingerprint density at radius 1 is 0.805 bits per heavy atom. The molecule has 0 saturated carbocycles. The number of allylic oxidation sites excluding steroid dienone is 4. The van der Waals surface area contributed by atoms with Gasteiger partial charge in [0.15, 0.2) is 6.10 Å². The van der Waals surface area contributed by atoms with Gasteiger partial charge in [-0.2, -0.15) is 0 Å². The normalized spacial score (nSPS) is 14.4. The zero-order valence-electron chi connectivity index (χ0n) is 26.5. The molecule has 0 aliphatic rings. The van der Waals surface area contributed by atoms with Crippen LogP contribution in [0.25, 0.3) is 0 Å². The largest absolute Gasteiger partial charge is 0.472 e. The van der Waals surface area contributed by atoms with Crippen LogP contribution in [-0.4, -0.2) is 74.9 Å². The number of phosphoric acid groups is 1. The van der Waals surface area contributed by atoms with Crippen molar-refractivity contribution >= 4 is 19.8 Å². The number of ether oxygens (including phenoxy) is 2. The zero-order valence-corrected chi connectivity index (χ0v) is 27.4. The minimum absolute atomic E-state index is 0.0277. The van der Waals surface area contributed by atoms with E-state index < -0.39 is 32.5 Å². The lowest BCUT2D eigenvalue weighted by atomic mass is 10.1. The summed E-state index contributed by atoms with van der Waals surface area (Å²) in [6.45, 7) is 3.33. The van der Waals surface area contributed by atoms with Crippen LogP contribution in [0.15, 0.2) is 24.3 Å². The third-order valence-corrected chi connectivity index (χ3v) is 7.28. The molecule has 0 aromatic rings. The molecule has 0 aliphatic heterocycles. The molecule has 0 heterocycles. The lowest BCUT2D eigenvalue weighted by molar-refractivity contribution is -0.870. The molecule has 0 aromatic heterocycles. The number of rotatable bonds is 27. The molecule has 2 unspecified atom stereocenters. The Hall–Kier alpha value is -1.51. The van der Waals surface area contributed by atoms with Gasteiger partial charge in [-0.3, -0.25) is 18.6 Å². The van der Waals surface area contributed by atoms with Crippen LogP contribution in [0.2, 0.25) is 0 Å². The van der Waals surface area contributed by atoms with Crippen molar-refractivity contribution in [1.82, 2.24) is 0 Å². The minimum Gasteiger partial charge on any atom is -0.462 e. The summed E-state index contributed by atoms with van der Waals surface area (Å²) in [5, 5.41) is 0. The highest BCUT2D eigenvalue weighted by Gasteiger charge is 2.26. The molecule has 9 nitrogen and oxygen atoms in total. The van der Waals surface area contributed by atoms with Gasteiger partial charge in [0, 0.05) is 13.3 Å². The van der Waals surface area contributed by atoms with Crippen molar-refractivity contribution in [3.63, 3.8) is 0 Å². The van der Waals surface area contributed by atoms with Crippen LogP contribution in [0.1, 0.15) is 110 Å². The standard InChI is InChI=1S/C31H58NO8P/c1-6-7-8-9-10-11-12-13-14-15-16-17-18-19-20-21-22-23-24-31(34)40-30(27-37-29(2)33)28-39-41(35,36)38-26-25-32(3,4)5/h11-12,14-15,30H,6-10,13,16-28H2,1-5H3/p+1/b12-11-,15-14-. The van der Waals surface area contributed by atoms with Crippen LogP contribution in [-0.2, 0) is 32.7 Å². The molecule has 2 atom stereocenters. The fourth-order valence-corrected chi connectivity index (χ4v) is 4.57. The fourth-order valence-electron chi connectivity index (χ4n) is 3.83. The van der Waals surface area contributed by atoms with Gasteiger partial charge in [0.05, 0.1) is 27.7 Å². The molecule has 0 amide bonds. The van der Waals surface area contributed by atoms with Crippen molar-refractivity contribution in [3.8, 4) is 0 Å². The Morgan fingerprint density at radius 3 is 1.93 bits per heavy atom. The first-order chi connectivity index (χ1) is 19.4. The maximum Gasteiger partial charge on any atom is 0.472 e. The fraction of sp³-hybridized carbons (Fsp3) is 0.806. The maximum absolute atomic E-state index is 12.3. The number of esters is 2. The molecule has 0 aliphatic carbocycles. The van der Waals surface area contributed by atoms with Gasteiger partial charge in [0.1, 0.15) is 19.8 Å². The Labute approximate surface area is 249 Å². The van der Waals surface area contributed by atoms with Crippen molar-refractivity contribution in [2.75, 3.05) is 47.5 Å². The van der Waals surface area contributed by atoms with E-state index in [0.717, 1.165) is 32.1 Å². The van der Waals surface area contributed by atoms with E-state index in [2.05, 4.69) is 31.2 Å². The second-order valence-electron chi connectivity index (χ2n) is 11.6. The van der Waals surface area contributed by atoms with E-state index in [-0.39, 0.29) is 19.6 Å². The van der Waals surface area contributed by atoms with Crippen LogP contribution in [0.3, 0.4) is 0 Å². The van der Waals surface area contributed by atoms with E-state index >= 15 is 0 Å². The molecule has 10 heteroatoms. The van der Waals surface area contributed by atoms with Gasteiger partial charge in [-0.1, -0.05) is 82.6 Å². The lowest BCUT2D eigenvalue weighted by Gasteiger charge is -2.24. The first-order valence-corrected chi connectivity index (χ1v) is 17.0. The Morgan fingerprint density at radius 2 is 1.37 bits per heavy atom. The van der Waals surface area contributed by atoms with Crippen molar-refractivity contribution in [1.29, 1.82) is 0 Å². The average molecular weight is 605 g/mol. The number of nitrogens with zero attached hydrogens (tertiary/aromatic N) is 1. The number of hydrogen-bond donors (Lipinski definition) is 1. The van der Waals surface area contributed by atoms with E-state index in [1.165, 1.54) is 58.3 Å². The molecular formula is C31H59NO8P+. The summed E-state index contributed by atoms with van der Waals surface area (Å²) in [5.74, 6) is -1.00. The second kappa shape index (κ2) is 25.0. The SMILES string of the molecule is CCCCCC/C=C\C/C=C\CCCCCCCCCC(=O)OC(COC(C)=O)COP(=O)(O)OCC[N+](C)(C)C. The first-order valence-electron chi connectivity index (χ1n) is 15.5. The maximum atomic E-state index is 12.3. The number of unbranched alkanes of at least 4 members (excludes halogenated alkanes) is 11. The van der Waals surface area contributed by atoms with Gasteiger partial charge in [-0.25, -0.2) is 4.57 Å². The van der Waals surface area contributed by atoms with E-state index in [4.69, 9.17) is 18.5 Å². The summed E-state index contributed by atoms with van der Waals surface area (Å²) in [6, 6.07) is 0. The molecule has 0 saturated heterocycles. The molecule has 0 bridgehead atoms. The summed E-state index contributed by atoms with van der Waals surface area (Å²) in [4.78, 5) is 33.4. The smallest absolute Gasteiger partial charge is 0.462 e. The molecule has 0 rings (SSSR count). The lowest BCUT2D eigenvalue weighted by Crippen LogP contribution is -2.37. The number of phosphoric ester groups is 1. The molecular weight excluding hydrogens is 545 g/mol. The highest BCUT2D eigenvalue weighted by Crippen LogP contribution is 2.43. The van der Waals surface area contributed by atoms with Crippen LogP contribution < -0.4 is 0 Å². The number of carbonyl (C=O) groups is 2. The highest BCUT2D eigenvalue weighted by atomic mass is 31.2. The zero-order chi connectivity index (χ0) is 30.8. The molecule has 41 heavy (non-hydrogen) atoms. The highest BCUT2D eigenvalue weighted by molar-refractivity contribution is 7.47. The monoisotopic (exact) mass is 604 g/mol. The van der Waals surface area contributed by atoms with Crippen molar-refractivity contribution in [2.45, 2.75) is 116 Å². The van der Waals surface area contributed by atoms with E-state index in [9.17, 15) is 19.0 Å². The number of hydrogen-bond acceptors (Lipinski definition) is 7. The molecule has 0 spiro atoms. The van der Waals surface area contributed by atoms with Gasteiger partial charge in [-0.05, 0) is 38.5 Å². The third kappa shape index (κ3) is 29.8. The van der Waals surface area contributed by atoms with Gasteiger partial charge >= 0.3 is 19.8 Å². The minimum atomic E-state index is -4.33. The predicted molar refractivity (Wildman–Crippen MR) is 164 cm³/mol. The summed E-state index contributed by atoms with van der Waals surface area (Å²) in [5.41, 5.74) is 0. The van der Waals surface area contributed by atoms with Crippen LogP contribution in [0.5, 0.6) is 0 Å². The van der Waals surface area contributed by atoms with E-state index in [1.807, 2.05) is 21.1 Å². The predicted octanol–water partition coefficient (Wildman–Crippen LogP) is 7.28. The van der Waals surface area contributed by atoms with Crippen LogP contribution in [0.4, 0.5) is 0 Å². The molecule has 240 valence electrons. The van der Waals surface area contributed by atoms with Gasteiger partial charge in [0.25, 0.3) is 0 Å². The van der Waals surface area contributed by atoms with E-state index in [1.54, 1.807) is 0 Å². The summed E-state index contributed by atoms with van der Waals surface area (Å²) >= 11 is 0. The third-order valence-electron chi connectivity index (χ3n) is 6.29. The number of carbonyl (C=O) groups excluding carboxylic acids is 2. The van der Waals surface area contributed by atoms with Crippen molar-refractivity contribution in [2.24, 2.45) is 0 Å². The van der Waals surface area contributed by atoms with Crippen molar-refractivity contribution < 1.29 is 42.1 Å². The van der Waals surface area contributed by atoms with Gasteiger partial charge in [0.2, 0.25) is 0 Å². The Kier molecular flexibility index (Phi) is 24.1. The molecule has 1 N–H and O–H groups in total. The topological polar surface area (TPSA) is 108 Å². The summed E-state index contributed by atoms with van der Waals surface area (Å²) in [7, 11) is 1.46. The number of likely N-dealkylation sites (N-methyl/N-ethyl adjacent to an activating group) is 1. The van der Waals surface area contributed by atoms with Crippen LogP contribution in [0, 0.1) is 0 Å². The molecule has 0 radical (unpaired) electrons. The van der Waals surface area contributed by atoms with E-state index in [0.29, 0.717) is 17.4 Å². The second-order valence-corrected chi connectivity index (χ2v) is 13.0. The molecule has 0 aromatic carbocycles.